The maximum Gasteiger partial charge on any atom is 0.0843 e. The Morgan fingerprint density at radius 2 is 1.27 bits per heavy atom. The van der Waals surface area contributed by atoms with Gasteiger partial charge in [0.2, 0.25) is 0 Å². The zero-order valence-corrected chi connectivity index (χ0v) is 20.5. The van der Waals surface area contributed by atoms with E-state index >= 15 is 0 Å². The van der Waals surface area contributed by atoms with Crippen molar-refractivity contribution >= 4 is 14.7 Å². The molecule has 0 amide bonds. The summed E-state index contributed by atoms with van der Waals surface area (Å²) in [5, 5.41) is 3.24. The Bertz CT molecular complexity index is 1140. The first kappa shape index (κ1) is 20.6. The Morgan fingerprint density at radius 1 is 0.700 bits per heavy atom. The summed E-state index contributed by atoms with van der Waals surface area (Å²) in [7, 11) is -0.556. The molecule has 0 fully saturated rings. The molecule has 1 unspecified atom stereocenters. The molecule has 0 nitrogen and oxygen atoms in total. The number of aryl methyl sites for hydroxylation is 4. The van der Waals surface area contributed by atoms with E-state index in [1.165, 1.54) is 50.1 Å². The lowest BCUT2D eigenvalue weighted by Crippen LogP contribution is -2.22. The molecule has 0 aromatic heterocycles. The predicted molar refractivity (Wildman–Crippen MR) is 135 cm³/mol. The molecule has 1 aliphatic rings. The quantitative estimate of drug-likeness (QED) is 0.431. The summed E-state index contributed by atoms with van der Waals surface area (Å²) < 4.78 is 0. The summed E-state index contributed by atoms with van der Waals surface area (Å²) in [6, 6.07) is 20.9. The largest absolute Gasteiger partial charge is 0.0843 e. The van der Waals surface area contributed by atoms with Gasteiger partial charge in [-0.1, -0.05) is 112 Å². The van der Waals surface area contributed by atoms with Crippen molar-refractivity contribution in [3.8, 4) is 22.3 Å². The molecule has 0 bridgehead atoms. The average molecular weight is 409 g/mol. The second-order valence-corrected chi connectivity index (χ2v) is 11.0. The molecule has 0 heterocycles. The summed E-state index contributed by atoms with van der Waals surface area (Å²) in [5.74, 6) is 0.577. The van der Waals surface area contributed by atoms with E-state index in [1.54, 1.807) is 10.4 Å². The first-order valence-electron chi connectivity index (χ1n) is 11.0. The topological polar surface area (TPSA) is 0 Å². The fourth-order valence-corrected chi connectivity index (χ4v) is 7.05. The van der Waals surface area contributed by atoms with Crippen LogP contribution in [0.4, 0.5) is 0 Å². The molecule has 3 aromatic rings. The van der Waals surface area contributed by atoms with Gasteiger partial charge in [0.25, 0.3) is 0 Å². The predicted octanol–water partition coefficient (Wildman–Crippen LogP) is 6.53. The zero-order valence-electron chi connectivity index (χ0n) is 19.1. The number of rotatable bonds is 4. The van der Waals surface area contributed by atoms with Gasteiger partial charge in [-0.15, -0.1) is 0 Å². The molecule has 0 radical (unpaired) electrons. The van der Waals surface area contributed by atoms with Gasteiger partial charge in [-0.25, -0.2) is 0 Å². The van der Waals surface area contributed by atoms with Crippen molar-refractivity contribution in [2.24, 2.45) is 5.92 Å². The van der Waals surface area contributed by atoms with Gasteiger partial charge < -0.3 is 0 Å². The van der Waals surface area contributed by atoms with E-state index < -0.39 is 9.52 Å². The highest BCUT2D eigenvalue weighted by molar-refractivity contribution is 6.63. The smallest absolute Gasteiger partial charge is 0.0778 e. The van der Waals surface area contributed by atoms with E-state index in [2.05, 4.69) is 108 Å². The van der Waals surface area contributed by atoms with E-state index in [4.69, 9.17) is 0 Å². The Hall–Kier alpha value is -2.64. The van der Waals surface area contributed by atoms with Crippen LogP contribution in [0.25, 0.3) is 22.3 Å². The third-order valence-electron chi connectivity index (χ3n) is 6.27. The molecule has 0 saturated carbocycles. The molecule has 152 valence electrons. The van der Waals surface area contributed by atoms with Crippen molar-refractivity contribution in [3.05, 3.63) is 99.8 Å². The number of benzene rings is 3. The summed E-state index contributed by atoms with van der Waals surface area (Å²) in [5.41, 5.74) is 12.3. The van der Waals surface area contributed by atoms with Crippen LogP contribution in [0, 0.1) is 33.6 Å². The molecule has 4 rings (SSSR count). The summed E-state index contributed by atoms with van der Waals surface area (Å²) in [6.07, 6.45) is 4.68. The van der Waals surface area contributed by atoms with E-state index in [0.29, 0.717) is 5.92 Å². The van der Waals surface area contributed by atoms with Crippen LogP contribution >= 0.6 is 0 Å². The van der Waals surface area contributed by atoms with Gasteiger partial charge in [0.1, 0.15) is 0 Å². The van der Waals surface area contributed by atoms with E-state index in [1.807, 2.05) is 0 Å². The molecule has 1 heteroatoms. The zero-order chi connectivity index (χ0) is 21.4. The van der Waals surface area contributed by atoms with Crippen molar-refractivity contribution in [1.29, 1.82) is 0 Å². The van der Waals surface area contributed by atoms with Gasteiger partial charge in [-0.05, 0) is 62.8 Å². The molecular weight excluding hydrogens is 376 g/mol. The summed E-state index contributed by atoms with van der Waals surface area (Å²) in [6.45, 7) is 13.5. The van der Waals surface area contributed by atoms with Crippen LogP contribution < -0.4 is 5.19 Å². The summed E-state index contributed by atoms with van der Waals surface area (Å²) in [4.78, 5) is 0. The lowest BCUT2D eigenvalue weighted by Gasteiger charge is -2.19. The second-order valence-electron chi connectivity index (χ2n) is 9.13. The van der Waals surface area contributed by atoms with Crippen molar-refractivity contribution in [2.75, 3.05) is 0 Å². The molecule has 0 spiro atoms. The van der Waals surface area contributed by atoms with Gasteiger partial charge in [0.05, 0.1) is 9.52 Å². The molecule has 30 heavy (non-hydrogen) atoms. The van der Waals surface area contributed by atoms with E-state index in [9.17, 15) is 0 Å². The van der Waals surface area contributed by atoms with Crippen LogP contribution in [0.1, 0.15) is 36.1 Å². The maximum atomic E-state index is 2.39. The fraction of sp³-hybridized carbons (Fsp3) is 0.241. The van der Waals surface area contributed by atoms with Crippen LogP contribution in [0.15, 0.2) is 77.5 Å². The van der Waals surface area contributed by atoms with Crippen LogP contribution in [0.5, 0.6) is 0 Å². The molecular formula is C29H32Si. The normalized spacial score (nSPS) is 16.3. The van der Waals surface area contributed by atoms with Gasteiger partial charge in [0.15, 0.2) is 0 Å². The van der Waals surface area contributed by atoms with Crippen LogP contribution in [-0.2, 0) is 0 Å². The van der Waals surface area contributed by atoms with Gasteiger partial charge in [0, 0.05) is 0 Å². The summed E-state index contributed by atoms with van der Waals surface area (Å²) >= 11 is 0. The SMILES string of the molecule is CC1=C([SiH2]c2cccc(-c3cc(C)cc(C)c3)c2-c2cc(C)cc(C)c2)C(C)C=C1. The molecule has 3 aromatic carbocycles. The van der Waals surface area contributed by atoms with Gasteiger partial charge in [-0.3, -0.25) is 0 Å². The molecule has 0 aliphatic heterocycles. The first-order chi connectivity index (χ1) is 14.3. The highest BCUT2D eigenvalue weighted by atomic mass is 28.2. The minimum atomic E-state index is -0.556. The van der Waals surface area contributed by atoms with Crippen molar-refractivity contribution in [3.63, 3.8) is 0 Å². The minimum Gasteiger partial charge on any atom is -0.0778 e. The third kappa shape index (κ3) is 4.13. The Kier molecular flexibility index (Phi) is 5.66. The van der Waals surface area contributed by atoms with E-state index in [0.717, 1.165) is 0 Å². The monoisotopic (exact) mass is 408 g/mol. The number of allylic oxidation sites excluding steroid dienone is 4. The van der Waals surface area contributed by atoms with Gasteiger partial charge in [-0.2, -0.15) is 0 Å². The third-order valence-corrected chi connectivity index (χ3v) is 8.82. The van der Waals surface area contributed by atoms with Gasteiger partial charge >= 0.3 is 0 Å². The second kappa shape index (κ2) is 8.24. The lowest BCUT2D eigenvalue weighted by molar-refractivity contribution is 0.930. The van der Waals surface area contributed by atoms with Crippen LogP contribution in [0.3, 0.4) is 0 Å². The Morgan fingerprint density at radius 3 is 1.80 bits per heavy atom. The number of hydrogen-bond donors (Lipinski definition) is 0. The lowest BCUT2D eigenvalue weighted by atomic mass is 9.91. The average Bonchev–Trinajstić information content (AvgIpc) is 2.98. The Labute approximate surface area is 184 Å². The van der Waals surface area contributed by atoms with Crippen molar-refractivity contribution in [2.45, 2.75) is 41.5 Å². The maximum absolute atomic E-state index is 2.39. The Balaban J connectivity index is 1.96. The number of hydrogen-bond acceptors (Lipinski definition) is 0. The van der Waals surface area contributed by atoms with Crippen LogP contribution in [-0.4, -0.2) is 9.52 Å². The standard InChI is InChI=1S/C29H32Si/c1-18-12-19(2)15-24(14-18)26-8-7-9-27(30-29-22(5)10-11-23(29)6)28(26)25-16-20(3)13-21(4)17-25/h7-17,22H,30H2,1-6H3. The molecule has 0 N–H and O–H groups in total. The molecule has 1 aliphatic carbocycles. The molecule has 0 saturated heterocycles. The van der Waals surface area contributed by atoms with Crippen molar-refractivity contribution in [1.82, 2.24) is 0 Å². The highest BCUT2D eigenvalue weighted by Gasteiger charge is 2.19. The minimum absolute atomic E-state index is 0.556. The van der Waals surface area contributed by atoms with Crippen LogP contribution in [0.2, 0.25) is 0 Å². The highest BCUT2D eigenvalue weighted by Crippen LogP contribution is 2.34. The fourth-order valence-electron chi connectivity index (χ4n) is 4.95. The first-order valence-corrected chi connectivity index (χ1v) is 12.4. The van der Waals surface area contributed by atoms with Crippen molar-refractivity contribution < 1.29 is 0 Å². The molecule has 1 atom stereocenters. The van der Waals surface area contributed by atoms with E-state index in [-0.39, 0.29) is 0 Å².